The van der Waals surface area contributed by atoms with Crippen LogP contribution in [-0.4, -0.2) is 35.5 Å². The van der Waals surface area contributed by atoms with Crippen molar-refractivity contribution in [1.29, 1.82) is 5.26 Å². The van der Waals surface area contributed by atoms with Gasteiger partial charge in [-0.2, -0.15) is 18.4 Å². The minimum atomic E-state index is -4.39. The molecule has 0 radical (unpaired) electrons. The van der Waals surface area contributed by atoms with Crippen molar-refractivity contribution in [2.24, 2.45) is 11.7 Å². The number of nitrogens with zero attached hydrogens (tertiary/aromatic N) is 2. The quantitative estimate of drug-likeness (QED) is 0.734. The highest BCUT2D eigenvalue weighted by molar-refractivity contribution is 5.82. The fourth-order valence-corrected chi connectivity index (χ4v) is 4.57. The van der Waals surface area contributed by atoms with Gasteiger partial charge in [-0.25, -0.2) is 0 Å². The third kappa shape index (κ3) is 5.73. The molecule has 0 spiro atoms. The van der Waals surface area contributed by atoms with E-state index >= 15 is 0 Å². The van der Waals surface area contributed by atoms with E-state index in [1.165, 1.54) is 25.3 Å². The molecule has 2 unspecified atom stereocenters. The predicted octanol–water partition coefficient (Wildman–Crippen LogP) is 3.59. The summed E-state index contributed by atoms with van der Waals surface area (Å²) in [4.78, 5) is 14.5. The van der Waals surface area contributed by atoms with E-state index in [1.54, 1.807) is 6.07 Å². The Morgan fingerprint density at radius 2 is 2.07 bits per heavy atom. The molecule has 0 bridgehead atoms. The molecular weight excluding hydrogens is 393 g/mol. The lowest BCUT2D eigenvalue weighted by molar-refractivity contribution is -0.137. The summed E-state index contributed by atoms with van der Waals surface area (Å²) in [5.41, 5.74) is 4.90. The largest absolute Gasteiger partial charge is 0.416 e. The first-order chi connectivity index (χ1) is 14.2. The average Bonchev–Trinajstić information content (AvgIpc) is 3.11. The molecule has 3 N–H and O–H groups in total. The fraction of sp³-hybridized carbons (Fsp3) is 0.636. The van der Waals surface area contributed by atoms with Crippen LogP contribution >= 0.6 is 0 Å². The van der Waals surface area contributed by atoms with Crippen LogP contribution in [0, 0.1) is 17.2 Å². The maximum Gasteiger partial charge on any atom is 0.416 e. The van der Waals surface area contributed by atoms with Crippen LogP contribution in [0.4, 0.5) is 13.2 Å². The highest BCUT2D eigenvalue weighted by atomic mass is 19.4. The molecule has 1 amide bonds. The van der Waals surface area contributed by atoms with Crippen molar-refractivity contribution < 1.29 is 18.0 Å². The van der Waals surface area contributed by atoms with Crippen LogP contribution in [-0.2, 0) is 17.5 Å². The van der Waals surface area contributed by atoms with E-state index in [-0.39, 0.29) is 19.0 Å². The lowest BCUT2D eigenvalue weighted by Gasteiger charge is -2.28. The normalized spacial score (nSPS) is 24.4. The molecule has 1 saturated carbocycles. The molecule has 2 atom stereocenters. The second-order valence-corrected chi connectivity index (χ2v) is 8.69. The molecule has 2 aliphatic rings. The van der Waals surface area contributed by atoms with E-state index in [0.29, 0.717) is 30.9 Å². The van der Waals surface area contributed by atoms with Crippen molar-refractivity contribution in [3.05, 3.63) is 35.4 Å². The molecule has 164 valence electrons. The molecule has 1 saturated heterocycles. The van der Waals surface area contributed by atoms with Crippen LogP contribution < -0.4 is 11.1 Å². The summed E-state index contributed by atoms with van der Waals surface area (Å²) < 4.78 is 38.8. The molecule has 1 aromatic carbocycles. The van der Waals surface area contributed by atoms with Gasteiger partial charge in [-0.1, -0.05) is 50.3 Å². The Bertz CT molecular complexity index is 785. The summed E-state index contributed by atoms with van der Waals surface area (Å²) >= 11 is 0. The van der Waals surface area contributed by atoms with E-state index in [4.69, 9.17) is 5.73 Å². The zero-order chi connectivity index (χ0) is 21.8. The lowest BCUT2D eigenvalue weighted by atomic mass is 9.84. The summed E-state index contributed by atoms with van der Waals surface area (Å²) in [6.07, 6.45) is 2.42. The van der Waals surface area contributed by atoms with Crippen LogP contribution in [0.2, 0.25) is 0 Å². The average molecular weight is 422 g/mol. The van der Waals surface area contributed by atoms with E-state index in [2.05, 4.69) is 11.4 Å². The van der Waals surface area contributed by atoms with Crippen molar-refractivity contribution in [3.63, 3.8) is 0 Å². The molecule has 1 aliphatic carbocycles. The topological polar surface area (TPSA) is 82.1 Å². The van der Waals surface area contributed by atoms with Gasteiger partial charge in [0.1, 0.15) is 5.54 Å². The molecule has 8 heteroatoms. The first-order valence-corrected chi connectivity index (χ1v) is 10.6. The summed E-state index contributed by atoms with van der Waals surface area (Å²) in [6.45, 7) is 1.07. The summed E-state index contributed by atoms with van der Waals surface area (Å²) in [5.74, 6) is 0.140. The minimum absolute atomic E-state index is 0.266. The number of hydrogen-bond donors (Lipinski definition) is 2. The SMILES string of the molecule is N#CC1(NC(=O)C(N)CC2CCCCC2)CCN(Cc2cccc(C(F)(F)F)c2)C1. The molecule has 3 rings (SSSR count). The van der Waals surface area contributed by atoms with Crippen LogP contribution in [0.1, 0.15) is 56.1 Å². The van der Waals surface area contributed by atoms with Gasteiger partial charge in [0, 0.05) is 19.6 Å². The van der Waals surface area contributed by atoms with Crippen LogP contribution in [0.25, 0.3) is 0 Å². The number of amides is 1. The number of carbonyl (C=O) groups is 1. The number of hydrogen-bond acceptors (Lipinski definition) is 4. The maximum absolute atomic E-state index is 12.9. The Balaban J connectivity index is 1.57. The lowest BCUT2D eigenvalue weighted by Crippen LogP contribution is -2.54. The van der Waals surface area contributed by atoms with Crippen LogP contribution in [0.15, 0.2) is 24.3 Å². The fourth-order valence-electron chi connectivity index (χ4n) is 4.57. The van der Waals surface area contributed by atoms with E-state index in [9.17, 15) is 23.2 Å². The Labute approximate surface area is 175 Å². The number of halogens is 3. The molecule has 0 aromatic heterocycles. The first-order valence-electron chi connectivity index (χ1n) is 10.6. The number of alkyl halides is 3. The van der Waals surface area contributed by atoms with Crippen LogP contribution in [0.5, 0.6) is 0 Å². The van der Waals surface area contributed by atoms with Crippen molar-refractivity contribution in [2.75, 3.05) is 13.1 Å². The number of rotatable bonds is 6. The van der Waals surface area contributed by atoms with Gasteiger partial charge >= 0.3 is 6.18 Å². The smallest absolute Gasteiger partial charge is 0.335 e. The standard InChI is InChI=1S/C22H29F3N4O/c23-22(24,25)18-8-4-7-17(11-18)13-29-10-9-21(14-26,15-29)28-20(30)19(27)12-16-5-2-1-3-6-16/h4,7-8,11,16,19H,1-3,5-6,9-10,12-13,15,27H2,(H,28,30). The Hall–Kier alpha value is -2.11. The van der Waals surface area contributed by atoms with E-state index in [1.807, 2.05) is 4.90 Å². The number of benzene rings is 1. The third-order valence-electron chi connectivity index (χ3n) is 6.23. The second-order valence-electron chi connectivity index (χ2n) is 8.69. The van der Waals surface area contributed by atoms with Gasteiger partial charge in [-0.15, -0.1) is 0 Å². The van der Waals surface area contributed by atoms with Gasteiger partial charge in [0.2, 0.25) is 5.91 Å². The Morgan fingerprint density at radius 1 is 1.33 bits per heavy atom. The maximum atomic E-state index is 12.9. The summed E-state index contributed by atoms with van der Waals surface area (Å²) in [5, 5.41) is 12.6. The number of nitrogens with two attached hydrogens (primary N) is 1. The minimum Gasteiger partial charge on any atom is -0.335 e. The van der Waals surface area contributed by atoms with Crippen molar-refractivity contribution in [2.45, 2.75) is 69.2 Å². The zero-order valence-electron chi connectivity index (χ0n) is 17.0. The number of carbonyl (C=O) groups excluding carboxylic acids is 1. The first kappa shape index (κ1) is 22.6. The second kappa shape index (κ2) is 9.36. The Kier molecular flexibility index (Phi) is 7.04. The molecule has 5 nitrogen and oxygen atoms in total. The van der Waals surface area contributed by atoms with Crippen LogP contribution in [0.3, 0.4) is 0 Å². The predicted molar refractivity (Wildman–Crippen MR) is 107 cm³/mol. The van der Waals surface area contributed by atoms with Crippen molar-refractivity contribution >= 4 is 5.91 Å². The molecule has 1 heterocycles. The summed E-state index contributed by atoms with van der Waals surface area (Å²) in [7, 11) is 0. The van der Waals surface area contributed by atoms with Crippen molar-refractivity contribution in [3.8, 4) is 6.07 Å². The third-order valence-corrected chi connectivity index (χ3v) is 6.23. The molecule has 30 heavy (non-hydrogen) atoms. The van der Waals surface area contributed by atoms with Gasteiger partial charge in [-0.05, 0) is 30.4 Å². The van der Waals surface area contributed by atoms with Gasteiger partial charge in [0.05, 0.1) is 17.7 Å². The van der Waals surface area contributed by atoms with Gasteiger partial charge in [-0.3, -0.25) is 9.69 Å². The summed E-state index contributed by atoms with van der Waals surface area (Å²) in [6, 6.07) is 6.76. The monoisotopic (exact) mass is 422 g/mol. The molecule has 1 aliphatic heterocycles. The van der Waals surface area contributed by atoms with Gasteiger partial charge < -0.3 is 11.1 Å². The van der Waals surface area contributed by atoms with E-state index < -0.39 is 23.3 Å². The van der Waals surface area contributed by atoms with Crippen molar-refractivity contribution in [1.82, 2.24) is 10.2 Å². The molecule has 1 aromatic rings. The number of nitriles is 1. The highest BCUT2D eigenvalue weighted by Crippen LogP contribution is 2.31. The van der Waals surface area contributed by atoms with E-state index in [0.717, 1.165) is 25.0 Å². The number of nitrogens with one attached hydrogen (secondary N) is 1. The molecular formula is C22H29F3N4O. The van der Waals surface area contributed by atoms with Gasteiger partial charge in [0.25, 0.3) is 0 Å². The van der Waals surface area contributed by atoms with Gasteiger partial charge in [0.15, 0.2) is 0 Å². The molecule has 2 fully saturated rings. The zero-order valence-corrected chi connectivity index (χ0v) is 17.0. The highest BCUT2D eigenvalue weighted by Gasteiger charge is 2.41. The Morgan fingerprint density at radius 3 is 2.73 bits per heavy atom. The number of likely N-dealkylation sites (tertiary alicyclic amines) is 1.